The van der Waals surface area contributed by atoms with Crippen LogP contribution in [0, 0.1) is 11.3 Å². The van der Waals surface area contributed by atoms with Gasteiger partial charge in [0.1, 0.15) is 16.9 Å². The molecule has 1 aromatic rings. The van der Waals surface area contributed by atoms with Gasteiger partial charge in [0.05, 0.1) is 23.9 Å². The number of nitrogens with two attached hydrogens (primary N) is 1. The number of halogens is 1. The molecule has 0 unspecified atom stereocenters. The van der Waals surface area contributed by atoms with Crippen molar-refractivity contribution < 1.29 is 19.1 Å². The third kappa shape index (κ3) is 4.38. The maximum Gasteiger partial charge on any atom is 0.342 e. The number of benzene rings is 1. The molecule has 0 spiro atoms. The minimum atomic E-state index is -1.07. The fourth-order valence-corrected chi connectivity index (χ4v) is 3.10. The average molecular weight is 380 g/mol. The number of amides is 1. The monoisotopic (exact) mass is 379 g/mol. The van der Waals surface area contributed by atoms with Crippen molar-refractivity contribution in [2.24, 2.45) is 0 Å². The molecule has 8 heteroatoms. The van der Waals surface area contributed by atoms with E-state index in [4.69, 9.17) is 26.8 Å². The first kappa shape index (κ1) is 19.9. The molecular formula is C18H22ClN3O4. The lowest BCUT2D eigenvalue weighted by atomic mass is 9.83. The van der Waals surface area contributed by atoms with Crippen LogP contribution in [0.5, 0.6) is 5.75 Å². The summed E-state index contributed by atoms with van der Waals surface area (Å²) in [6.45, 7) is 1.45. The summed E-state index contributed by atoms with van der Waals surface area (Å²) in [6, 6.07) is 4.94. The van der Waals surface area contributed by atoms with E-state index in [1.54, 1.807) is 0 Å². The van der Waals surface area contributed by atoms with Gasteiger partial charge in [-0.25, -0.2) is 4.79 Å². The Morgan fingerprint density at radius 2 is 2.00 bits per heavy atom. The van der Waals surface area contributed by atoms with Crippen LogP contribution in [0.1, 0.15) is 49.4 Å². The minimum Gasteiger partial charge on any atom is -0.496 e. The van der Waals surface area contributed by atoms with Crippen molar-refractivity contribution in [2.45, 2.75) is 50.7 Å². The molecule has 0 aliphatic heterocycles. The highest BCUT2D eigenvalue weighted by atomic mass is 35.5. The number of hydrogen-bond acceptors (Lipinski definition) is 6. The summed E-state index contributed by atoms with van der Waals surface area (Å²) in [5.74, 6) is -1.08. The Hall–Kier alpha value is -2.46. The lowest BCUT2D eigenvalue weighted by molar-refractivity contribution is -0.130. The summed E-state index contributed by atoms with van der Waals surface area (Å²) >= 11 is 5.95. The number of anilines is 1. The number of rotatable bonds is 5. The van der Waals surface area contributed by atoms with Crippen LogP contribution in [-0.4, -0.2) is 30.6 Å². The fourth-order valence-electron chi connectivity index (χ4n) is 2.93. The Morgan fingerprint density at radius 1 is 1.35 bits per heavy atom. The Kier molecular flexibility index (Phi) is 6.32. The topological polar surface area (TPSA) is 114 Å². The van der Waals surface area contributed by atoms with Crippen LogP contribution in [0.25, 0.3) is 0 Å². The van der Waals surface area contributed by atoms with E-state index in [9.17, 15) is 14.9 Å². The molecule has 0 bridgehead atoms. The van der Waals surface area contributed by atoms with Gasteiger partial charge in [0.15, 0.2) is 6.10 Å². The number of nitrogens with zero attached hydrogens (tertiary/aromatic N) is 1. The average Bonchev–Trinajstić information content (AvgIpc) is 2.64. The summed E-state index contributed by atoms with van der Waals surface area (Å²) < 4.78 is 10.3. The Labute approximate surface area is 157 Å². The Bertz CT molecular complexity index is 739. The molecule has 1 saturated carbocycles. The number of ether oxygens (including phenoxy) is 2. The van der Waals surface area contributed by atoms with E-state index >= 15 is 0 Å². The first-order valence-corrected chi connectivity index (χ1v) is 8.77. The van der Waals surface area contributed by atoms with Crippen molar-refractivity contribution in [1.29, 1.82) is 5.26 Å². The van der Waals surface area contributed by atoms with Gasteiger partial charge in [-0.2, -0.15) is 5.26 Å². The summed E-state index contributed by atoms with van der Waals surface area (Å²) in [6.07, 6.45) is 2.92. The Balaban J connectivity index is 2.08. The maximum atomic E-state index is 12.4. The standard InChI is InChI=1S/C18H22ClN3O4/c1-11(16(23)22-18(10-20)6-4-3-5-7-18)26-17(24)12-8-13(19)14(21)9-15(12)25-2/h8-9,11H,3-7,21H2,1-2H3,(H,22,23)/t11-/m0/s1. The summed E-state index contributed by atoms with van der Waals surface area (Å²) in [5, 5.41) is 12.4. The van der Waals surface area contributed by atoms with Gasteiger partial charge >= 0.3 is 5.97 Å². The van der Waals surface area contributed by atoms with Crippen LogP contribution in [0.15, 0.2) is 12.1 Å². The molecule has 1 amide bonds. The van der Waals surface area contributed by atoms with Gasteiger partial charge < -0.3 is 20.5 Å². The van der Waals surface area contributed by atoms with Crippen molar-refractivity contribution in [1.82, 2.24) is 5.32 Å². The van der Waals surface area contributed by atoms with Gasteiger partial charge in [0.25, 0.3) is 5.91 Å². The van der Waals surface area contributed by atoms with Crippen molar-refractivity contribution in [3.63, 3.8) is 0 Å². The number of methoxy groups -OCH3 is 1. The van der Waals surface area contributed by atoms with E-state index in [1.807, 2.05) is 0 Å². The second-order valence-electron chi connectivity index (χ2n) is 6.37. The molecular weight excluding hydrogens is 358 g/mol. The molecule has 0 aromatic heterocycles. The predicted molar refractivity (Wildman–Crippen MR) is 96.9 cm³/mol. The number of carbonyl (C=O) groups excluding carboxylic acids is 2. The highest BCUT2D eigenvalue weighted by molar-refractivity contribution is 6.33. The SMILES string of the molecule is COc1cc(N)c(Cl)cc1C(=O)O[C@@H](C)C(=O)NC1(C#N)CCCCC1. The molecule has 140 valence electrons. The lowest BCUT2D eigenvalue weighted by Crippen LogP contribution is -2.52. The smallest absolute Gasteiger partial charge is 0.342 e. The van der Waals surface area contributed by atoms with Gasteiger partial charge in [-0.15, -0.1) is 0 Å². The fraction of sp³-hybridized carbons (Fsp3) is 0.500. The molecule has 3 N–H and O–H groups in total. The summed E-state index contributed by atoms with van der Waals surface area (Å²) in [4.78, 5) is 24.8. The molecule has 1 fully saturated rings. The molecule has 0 saturated heterocycles. The Morgan fingerprint density at radius 3 is 2.58 bits per heavy atom. The highest BCUT2D eigenvalue weighted by Gasteiger charge is 2.35. The number of nitrogens with one attached hydrogen (secondary N) is 1. The van der Waals surface area contributed by atoms with E-state index in [-0.39, 0.29) is 22.0 Å². The first-order chi connectivity index (χ1) is 12.3. The van der Waals surface area contributed by atoms with E-state index in [1.165, 1.54) is 26.2 Å². The van der Waals surface area contributed by atoms with Crippen molar-refractivity contribution >= 4 is 29.2 Å². The second kappa shape index (κ2) is 8.28. The third-order valence-corrected chi connectivity index (χ3v) is 4.80. The zero-order valence-corrected chi connectivity index (χ0v) is 15.6. The van der Waals surface area contributed by atoms with Gasteiger partial charge in [0.2, 0.25) is 0 Å². The third-order valence-electron chi connectivity index (χ3n) is 4.48. The van der Waals surface area contributed by atoms with Gasteiger partial charge in [-0.3, -0.25) is 4.79 Å². The number of nitrogen functional groups attached to an aromatic ring is 1. The van der Waals surface area contributed by atoms with E-state index in [2.05, 4.69) is 11.4 Å². The molecule has 0 radical (unpaired) electrons. The molecule has 7 nitrogen and oxygen atoms in total. The normalized spacial score (nSPS) is 16.8. The van der Waals surface area contributed by atoms with Gasteiger partial charge in [-0.05, 0) is 25.8 Å². The van der Waals surface area contributed by atoms with Crippen molar-refractivity contribution in [3.05, 3.63) is 22.7 Å². The quantitative estimate of drug-likeness (QED) is 0.600. The molecule has 1 aliphatic carbocycles. The van der Waals surface area contributed by atoms with E-state index < -0.39 is 23.5 Å². The highest BCUT2D eigenvalue weighted by Crippen LogP contribution is 2.30. The number of carbonyl (C=O) groups is 2. The largest absolute Gasteiger partial charge is 0.496 e. The minimum absolute atomic E-state index is 0.0685. The van der Waals surface area contributed by atoms with Crippen LogP contribution in [0.3, 0.4) is 0 Å². The maximum absolute atomic E-state index is 12.4. The number of hydrogen-bond donors (Lipinski definition) is 2. The zero-order chi connectivity index (χ0) is 19.3. The predicted octanol–water partition coefficient (Wildman–Crippen LogP) is 2.82. The van der Waals surface area contributed by atoms with E-state index in [0.717, 1.165) is 19.3 Å². The van der Waals surface area contributed by atoms with Crippen molar-refractivity contribution in [2.75, 3.05) is 12.8 Å². The number of esters is 1. The van der Waals surface area contributed by atoms with Crippen LogP contribution in [0.4, 0.5) is 5.69 Å². The molecule has 1 aromatic carbocycles. The zero-order valence-electron chi connectivity index (χ0n) is 14.8. The molecule has 1 atom stereocenters. The molecule has 0 heterocycles. The summed E-state index contributed by atoms with van der Waals surface area (Å²) in [5.41, 5.74) is 5.13. The van der Waals surface area contributed by atoms with Gasteiger partial charge in [-0.1, -0.05) is 30.9 Å². The molecule has 1 aliphatic rings. The van der Waals surface area contributed by atoms with Crippen LogP contribution in [0.2, 0.25) is 5.02 Å². The van der Waals surface area contributed by atoms with Gasteiger partial charge in [0, 0.05) is 6.07 Å². The lowest BCUT2D eigenvalue weighted by Gasteiger charge is -2.32. The molecule has 2 rings (SSSR count). The molecule has 26 heavy (non-hydrogen) atoms. The van der Waals surface area contributed by atoms with Crippen LogP contribution in [-0.2, 0) is 9.53 Å². The first-order valence-electron chi connectivity index (χ1n) is 8.39. The van der Waals surface area contributed by atoms with Crippen molar-refractivity contribution in [3.8, 4) is 11.8 Å². The second-order valence-corrected chi connectivity index (χ2v) is 6.77. The van der Waals surface area contributed by atoms with Crippen LogP contribution < -0.4 is 15.8 Å². The van der Waals surface area contributed by atoms with Crippen LogP contribution >= 0.6 is 11.6 Å². The van der Waals surface area contributed by atoms with E-state index in [0.29, 0.717) is 12.8 Å². The number of nitriles is 1. The summed E-state index contributed by atoms with van der Waals surface area (Å²) in [7, 11) is 1.38.